The molecule has 2 amide bonds. The Morgan fingerprint density at radius 1 is 1.21 bits per heavy atom. The Morgan fingerprint density at radius 2 is 2.00 bits per heavy atom. The van der Waals surface area contributed by atoms with Crippen LogP contribution in [-0.2, 0) is 6.42 Å². The van der Waals surface area contributed by atoms with E-state index in [1.54, 1.807) is 23.4 Å². The fourth-order valence-corrected chi connectivity index (χ4v) is 3.40. The summed E-state index contributed by atoms with van der Waals surface area (Å²) in [5, 5.41) is 11.8. The summed E-state index contributed by atoms with van der Waals surface area (Å²) >= 11 is 0. The molecule has 0 radical (unpaired) electrons. The fourth-order valence-electron chi connectivity index (χ4n) is 3.40. The van der Waals surface area contributed by atoms with E-state index < -0.39 is 12.0 Å². The van der Waals surface area contributed by atoms with E-state index in [0.29, 0.717) is 29.9 Å². The molecule has 28 heavy (non-hydrogen) atoms. The zero-order valence-electron chi connectivity index (χ0n) is 14.7. The number of amides is 2. The maximum absolute atomic E-state index is 13.8. The van der Waals surface area contributed by atoms with Gasteiger partial charge < -0.3 is 20.3 Å². The first kappa shape index (κ1) is 17.7. The van der Waals surface area contributed by atoms with Gasteiger partial charge in [-0.15, -0.1) is 0 Å². The van der Waals surface area contributed by atoms with Gasteiger partial charge in [0.25, 0.3) is 0 Å². The number of imidazole rings is 1. The number of anilines is 1. The molecule has 1 aromatic heterocycles. The molecule has 0 unspecified atom stereocenters. The minimum atomic E-state index is -1.04. The number of carboxylic acid groups (broad SMARTS) is 1. The number of aromatic carboxylic acids is 1. The van der Waals surface area contributed by atoms with Crippen molar-refractivity contribution >= 4 is 17.7 Å². The summed E-state index contributed by atoms with van der Waals surface area (Å²) in [5.41, 5.74) is 2.84. The maximum Gasteiger partial charge on any atom is 0.335 e. The van der Waals surface area contributed by atoms with Crippen molar-refractivity contribution < 1.29 is 19.1 Å². The molecular formula is C20H17FN4O3. The monoisotopic (exact) mass is 380 g/mol. The van der Waals surface area contributed by atoms with Crippen LogP contribution in [0.2, 0.25) is 0 Å². The van der Waals surface area contributed by atoms with E-state index in [1.807, 2.05) is 0 Å². The molecular weight excluding hydrogens is 363 g/mol. The standard InChI is InChI=1S/C20H17FN4O3/c21-14-3-1-2-13(10-14)18-17-16(22-11-23-17)8-9-25(18)20(28)24-15-6-4-12(5-7-15)19(26)27/h1-7,10-11,18H,8-9H2,(H,22,23)(H,24,28)(H,26,27)/t18-/m1/s1. The highest BCUT2D eigenvalue weighted by Gasteiger charge is 2.34. The number of fused-ring (bicyclic) bond motifs is 1. The Balaban J connectivity index is 1.63. The van der Waals surface area contributed by atoms with E-state index in [0.717, 1.165) is 5.69 Å². The predicted molar refractivity (Wildman–Crippen MR) is 99.7 cm³/mol. The Kier molecular flexibility index (Phi) is 4.52. The maximum atomic E-state index is 13.8. The number of benzene rings is 2. The van der Waals surface area contributed by atoms with Crippen LogP contribution in [0.15, 0.2) is 54.9 Å². The lowest BCUT2D eigenvalue weighted by molar-refractivity contribution is 0.0697. The van der Waals surface area contributed by atoms with Gasteiger partial charge in [-0.05, 0) is 42.0 Å². The van der Waals surface area contributed by atoms with Gasteiger partial charge in [-0.2, -0.15) is 0 Å². The zero-order chi connectivity index (χ0) is 19.7. The summed E-state index contributed by atoms with van der Waals surface area (Å²) in [6.07, 6.45) is 2.18. The SMILES string of the molecule is O=C(O)c1ccc(NC(=O)N2CCc3[nH]cnc3[C@H]2c2cccc(F)c2)cc1. The van der Waals surface area contributed by atoms with E-state index in [1.165, 1.54) is 36.4 Å². The number of carbonyl (C=O) groups excluding carboxylic acids is 1. The van der Waals surface area contributed by atoms with Gasteiger partial charge in [0.2, 0.25) is 0 Å². The summed E-state index contributed by atoms with van der Waals surface area (Å²) in [6, 6.07) is 11.1. The summed E-state index contributed by atoms with van der Waals surface area (Å²) in [6.45, 7) is 0.426. The zero-order valence-corrected chi connectivity index (χ0v) is 14.7. The van der Waals surface area contributed by atoms with Crippen LogP contribution in [0.25, 0.3) is 0 Å². The minimum absolute atomic E-state index is 0.134. The number of halogens is 1. The molecule has 4 rings (SSSR count). The number of carbonyl (C=O) groups is 2. The summed E-state index contributed by atoms with van der Waals surface area (Å²) < 4.78 is 13.8. The molecule has 1 aliphatic rings. The molecule has 8 heteroatoms. The van der Waals surface area contributed by atoms with Gasteiger partial charge in [0.05, 0.1) is 17.6 Å². The van der Waals surface area contributed by atoms with Crippen LogP contribution < -0.4 is 5.32 Å². The second kappa shape index (κ2) is 7.15. The lowest BCUT2D eigenvalue weighted by Crippen LogP contribution is -2.43. The van der Waals surface area contributed by atoms with Crippen molar-refractivity contribution in [2.45, 2.75) is 12.5 Å². The number of hydrogen-bond acceptors (Lipinski definition) is 3. The van der Waals surface area contributed by atoms with Crippen LogP contribution in [0.3, 0.4) is 0 Å². The van der Waals surface area contributed by atoms with Crippen molar-refractivity contribution in [3.05, 3.63) is 83.2 Å². The Bertz CT molecular complexity index is 1030. The van der Waals surface area contributed by atoms with Crippen molar-refractivity contribution in [3.8, 4) is 0 Å². The third kappa shape index (κ3) is 3.32. The van der Waals surface area contributed by atoms with E-state index in [9.17, 15) is 14.0 Å². The molecule has 0 saturated heterocycles. The van der Waals surface area contributed by atoms with E-state index in [-0.39, 0.29) is 17.4 Å². The van der Waals surface area contributed by atoms with Crippen LogP contribution in [0.5, 0.6) is 0 Å². The van der Waals surface area contributed by atoms with Gasteiger partial charge in [-0.1, -0.05) is 12.1 Å². The number of aromatic amines is 1. The van der Waals surface area contributed by atoms with Gasteiger partial charge in [0, 0.05) is 24.3 Å². The molecule has 142 valence electrons. The van der Waals surface area contributed by atoms with Crippen molar-refractivity contribution in [2.24, 2.45) is 0 Å². The third-order valence-corrected chi connectivity index (χ3v) is 4.73. The predicted octanol–water partition coefficient (Wildman–Crippen LogP) is 3.43. The van der Waals surface area contributed by atoms with Crippen molar-refractivity contribution in [2.75, 3.05) is 11.9 Å². The van der Waals surface area contributed by atoms with Crippen LogP contribution in [0.1, 0.15) is 33.4 Å². The normalized spacial score (nSPS) is 15.8. The molecule has 0 bridgehead atoms. The number of hydrogen-bond donors (Lipinski definition) is 3. The molecule has 0 fully saturated rings. The molecule has 0 saturated carbocycles. The molecule has 2 aromatic carbocycles. The second-order valence-electron chi connectivity index (χ2n) is 6.48. The number of nitrogens with one attached hydrogen (secondary N) is 2. The minimum Gasteiger partial charge on any atom is -0.478 e. The summed E-state index contributed by atoms with van der Waals surface area (Å²) in [5.74, 6) is -1.42. The van der Waals surface area contributed by atoms with Gasteiger partial charge in [0.1, 0.15) is 11.9 Å². The van der Waals surface area contributed by atoms with Crippen LogP contribution >= 0.6 is 0 Å². The highest BCUT2D eigenvalue weighted by Crippen LogP contribution is 2.34. The first-order valence-corrected chi connectivity index (χ1v) is 8.71. The highest BCUT2D eigenvalue weighted by atomic mass is 19.1. The number of urea groups is 1. The van der Waals surface area contributed by atoms with Crippen LogP contribution in [0.4, 0.5) is 14.9 Å². The number of aromatic nitrogens is 2. The van der Waals surface area contributed by atoms with Crippen molar-refractivity contribution in [1.82, 2.24) is 14.9 Å². The van der Waals surface area contributed by atoms with Gasteiger partial charge >= 0.3 is 12.0 Å². The number of nitrogens with zero attached hydrogens (tertiary/aromatic N) is 2. The first-order chi connectivity index (χ1) is 13.5. The quantitative estimate of drug-likeness (QED) is 0.648. The van der Waals surface area contributed by atoms with Gasteiger partial charge in [-0.3, -0.25) is 0 Å². The van der Waals surface area contributed by atoms with E-state index >= 15 is 0 Å². The first-order valence-electron chi connectivity index (χ1n) is 8.71. The Morgan fingerprint density at radius 3 is 2.71 bits per heavy atom. The highest BCUT2D eigenvalue weighted by molar-refractivity contribution is 5.92. The summed E-state index contributed by atoms with van der Waals surface area (Å²) in [7, 11) is 0. The summed E-state index contributed by atoms with van der Waals surface area (Å²) in [4.78, 5) is 32.9. The van der Waals surface area contributed by atoms with E-state index in [4.69, 9.17) is 5.11 Å². The number of rotatable bonds is 3. The van der Waals surface area contributed by atoms with Gasteiger partial charge in [-0.25, -0.2) is 19.0 Å². The van der Waals surface area contributed by atoms with Crippen molar-refractivity contribution in [1.29, 1.82) is 0 Å². The molecule has 3 N–H and O–H groups in total. The third-order valence-electron chi connectivity index (χ3n) is 4.73. The average molecular weight is 380 g/mol. The second-order valence-corrected chi connectivity index (χ2v) is 6.48. The molecule has 1 aliphatic heterocycles. The van der Waals surface area contributed by atoms with E-state index in [2.05, 4.69) is 15.3 Å². The molecule has 0 spiro atoms. The lowest BCUT2D eigenvalue weighted by Gasteiger charge is -2.35. The number of carboxylic acids is 1. The Labute approximate surface area is 159 Å². The molecule has 7 nitrogen and oxygen atoms in total. The van der Waals surface area contributed by atoms with Crippen LogP contribution in [-0.4, -0.2) is 38.5 Å². The smallest absolute Gasteiger partial charge is 0.335 e. The largest absolute Gasteiger partial charge is 0.478 e. The molecule has 2 heterocycles. The topological polar surface area (TPSA) is 98.3 Å². The van der Waals surface area contributed by atoms with Crippen molar-refractivity contribution in [3.63, 3.8) is 0 Å². The molecule has 1 atom stereocenters. The average Bonchev–Trinajstić information content (AvgIpc) is 3.16. The molecule has 3 aromatic rings. The van der Waals surface area contributed by atoms with Gasteiger partial charge in [0.15, 0.2) is 0 Å². The molecule has 0 aliphatic carbocycles. The Hall–Kier alpha value is -3.68. The lowest BCUT2D eigenvalue weighted by atomic mass is 9.96. The number of H-pyrrole nitrogens is 1. The fraction of sp³-hybridized carbons (Fsp3) is 0.150. The van der Waals surface area contributed by atoms with Crippen LogP contribution in [0, 0.1) is 5.82 Å².